The van der Waals surface area contributed by atoms with Crippen LogP contribution in [0.1, 0.15) is 44.6 Å². The second-order valence-corrected chi connectivity index (χ2v) is 7.28. The average Bonchev–Trinajstić information content (AvgIpc) is 2.71. The summed E-state index contributed by atoms with van der Waals surface area (Å²) in [6.07, 6.45) is 5.76. The molecule has 4 N–H and O–H groups in total. The van der Waals surface area contributed by atoms with Gasteiger partial charge in [0, 0.05) is 35.6 Å². The molecule has 160 valence electrons. The second-order valence-electron chi connectivity index (χ2n) is 7.28. The highest BCUT2D eigenvalue weighted by Crippen LogP contribution is 2.36. The summed E-state index contributed by atoms with van der Waals surface area (Å²) in [5.74, 6) is -1.71. The van der Waals surface area contributed by atoms with Crippen LogP contribution in [0.5, 0.6) is 0 Å². The number of nitrogen functional groups attached to an aromatic ring is 1. The van der Waals surface area contributed by atoms with E-state index in [-0.39, 0.29) is 31.9 Å². The topological polar surface area (TPSA) is 69.7 Å². The van der Waals surface area contributed by atoms with Crippen molar-refractivity contribution in [2.24, 2.45) is 0 Å². The van der Waals surface area contributed by atoms with Crippen molar-refractivity contribution in [3.8, 4) is 11.1 Å². The number of aliphatic hydroxyl groups is 2. The van der Waals surface area contributed by atoms with Gasteiger partial charge in [-0.05, 0) is 36.6 Å². The summed E-state index contributed by atoms with van der Waals surface area (Å²) >= 11 is 0. The quantitative estimate of drug-likeness (QED) is 0.358. The molecule has 0 bridgehead atoms. The van der Waals surface area contributed by atoms with Crippen molar-refractivity contribution < 1.29 is 19.0 Å². The van der Waals surface area contributed by atoms with Crippen LogP contribution in [0, 0.1) is 11.6 Å². The van der Waals surface area contributed by atoms with Crippen molar-refractivity contribution in [2.45, 2.75) is 45.4 Å². The van der Waals surface area contributed by atoms with Crippen LogP contribution in [-0.4, -0.2) is 36.5 Å². The second kappa shape index (κ2) is 11.7. The fraction of sp³-hybridized carbons (Fsp3) is 0.478. The first-order valence-corrected chi connectivity index (χ1v) is 10.4. The van der Waals surface area contributed by atoms with Gasteiger partial charge in [-0.15, -0.1) is 0 Å². The predicted molar refractivity (Wildman–Crippen MR) is 115 cm³/mol. The molecule has 0 aromatic heterocycles. The largest absolute Gasteiger partial charge is 0.399 e. The third-order valence-corrected chi connectivity index (χ3v) is 5.10. The molecule has 0 amide bonds. The number of aryl methyl sites for hydroxylation is 1. The summed E-state index contributed by atoms with van der Waals surface area (Å²) in [4.78, 5) is 1.73. The minimum Gasteiger partial charge on any atom is -0.399 e. The van der Waals surface area contributed by atoms with Crippen LogP contribution in [0.4, 0.5) is 20.2 Å². The molecule has 0 atom stereocenters. The molecule has 6 heteroatoms. The number of halogens is 2. The molecule has 0 radical (unpaired) electrons. The summed E-state index contributed by atoms with van der Waals surface area (Å²) in [5.41, 5.74) is 7.87. The molecule has 0 heterocycles. The lowest BCUT2D eigenvalue weighted by Gasteiger charge is -2.26. The van der Waals surface area contributed by atoms with Gasteiger partial charge in [0.05, 0.1) is 13.2 Å². The van der Waals surface area contributed by atoms with Gasteiger partial charge in [-0.1, -0.05) is 44.7 Å². The lowest BCUT2D eigenvalue weighted by Crippen LogP contribution is -2.30. The predicted octanol–water partition coefficient (Wildman–Crippen LogP) is 4.52. The van der Waals surface area contributed by atoms with Gasteiger partial charge in [0.25, 0.3) is 0 Å². The van der Waals surface area contributed by atoms with E-state index < -0.39 is 11.6 Å². The Morgan fingerprint density at radius 2 is 1.55 bits per heavy atom. The molecule has 4 nitrogen and oxygen atoms in total. The Hall–Kier alpha value is -2.18. The average molecular weight is 407 g/mol. The maximum atomic E-state index is 15.0. The molecule has 2 rings (SSSR count). The minimum atomic E-state index is -0.893. The highest BCUT2D eigenvalue weighted by Gasteiger charge is 2.19. The molecule has 2 aromatic carbocycles. The van der Waals surface area contributed by atoms with Gasteiger partial charge in [0.2, 0.25) is 0 Å². The first kappa shape index (κ1) is 23.1. The van der Waals surface area contributed by atoms with E-state index >= 15 is 0 Å². The van der Waals surface area contributed by atoms with Crippen molar-refractivity contribution in [3.05, 3.63) is 47.5 Å². The van der Waals surface area contributed by atoms with Crippen LogP contribution in [0.3, 0.4) is 0 Å². The maximum absolute atomic E-state index is 15.0. The Bertz CT molecular complexity index is 778. The number of benzene rings is 2. The first-order chi connectivity index (χ1) is 14.0. The molecule has 0 spiro atoms. The molecule has 0 saturated carbocycles. The Labute approximate surface area is 172 Å². The van der Waals surface area contributed by atoms with Crippen LogP contribution < -0.4 is 10.6 Å². The van der Waals surface area contributed by atoms with E-state index in [0.717, 1.165) is 32.1 Å². The number of aliphatic hydroxyl groups excluding tert-OH is 2. The third-order valence-electron chi connectivity index (χ3n) is 5.10. The third kappa shape index (κ3) is 6.15. The van der Waals surface area contributed by atoms with Crippen molar-refractivity contribution in [1.82, 2.24) is 0 Å². The summed E-state index contributed by atoms with van der Waals surface area (Å²) in [6, 6.07) is 8.20. The molecule has 0 aliphatic heterocycles. The van der Waals surface area contributed by atoms with Crippen LogP contribution >= 0.6 is 0 Å². The Kier molecular flexibility index (Phi) is 9.35. The molecule has 0 aliphatic carbocycles. The van der Waals surface area contributed by atoms with Crippen LogP contribution in [0.25, 0.3) is 11.1 Å². The highest BCUT2D eigenvalue weighted by atomic mass is 19.2. The molecular formula is C23H32F2N2O2. The smallest absolute Gasteiger partial charge is 0.166 e. The number of anilines is 2. The SMILES string of the molecule is CCCCCCCc1ccc(-c2cc(N)ccc2N(CCO)CCO)c(F)c1F. The number of hydrogen-bond acceptors (Lipinski definition) is 4. The Morgan fingerprint density at radius 3 is 2.21 bits per heavy atom. The van der Waals surface area contributed by atoms with E-state index in [4.69, 9.17) is 5.73 Å². The minimum absolute atomic E-state index is 0.125. The summed E-state index contributed by atoms with van der Waals surface area (Å²) < 4.78 is 29.7. The van der Waals surface area contributed by atoms with E-state index in [9.17, 15) is 19.0 Å². The maximum Gasteiger partial charge on any atom is 0.166 e. The standard InChI is InChI=1S/C23H32F2N2O2/c1-2-3-4-5-6-7-17-8-10-19(23(25)22(17)24)20-16-18(26)9-11-21(20)27(12-14-28)13-15-29/h8-11,16,28-29H,2-7,12-15,26H2,1H3. The first-order valence-electron chi connectivity index (χ1n) is 10.4. The van der Waals surface area contributed by atoms with Crippen molar-refractivity contribution >= 4 is 11.4 Å². The Balaban J connectivity index is 2.34. The Morgan fingerprint density at radius 1 is 0.862 bits per heavy atom. The monoisotopic (exact) mass is 406 g/mol. The van der Waals surface area contributed by atoms with Crippen molar-refractivity contribution in [2.75, 3.05) is 36.9 Å². The van der Waals surface area contributed by atoms with Gasteiger partial charge in [-0.3, -0.25) is 0 Å². The van der Waals surface area contributed by atoms with E-state index in [2.05, 4.69) is 6.92 Å². The van der Waals surface area contributed by atoms with E-state index in [1.807, 2.05) is 0 Å². The molecule has 0 aliphatic rings. The van der Waals surface area contributed by atoms with Crippen LogP contribution in [-0.2, 0) is 6.42 Å². The summed E-state index contributed by atoms with van der Waals surface area (Å²) in [6.45, 7) is 2.41. The molecule has 2 aromatic rings. The van der Waals surface area contributed by atoms with Crippen LogP contribution in [0.15, 0.2) is 30.3 Å². The van der Waals surface area contributed by atoms with Gasteiger partial charge >= 0.3 is 0 Å². The van der Waals surface area contributed by atoms with E-state index in [0.29, 0.717) is 28.9 Å². The summed E-state index contributed by atoms with van der Waals surface area (Å²) in [5, 5.41) is 18.7. The molecule has 0 unspecified atom stereocenters. The zero-order valence-electron chi connectivity index (χ0n) is 17.1. The number of unbranched alkanes of at least 4 members (excludes halogenated alkanes) is 4. The van der Waals surface area contributed by atoms with Crippen molar-refractivity contribution in [1.29, 1.82) is 0 Å². The number of nitrogens with two attached hydrogens (primary N) is 1. The molecule has 29 heavy (non-hydrogen) atoms. The van der Waals surface area contributed by atoms with Gasteiger partial charge in [-0.25, -0.2) is 8.78 Å². The zero-order chi connectivity index (χ0) is 21.2. The lowest BCUT2D eigenvalue weighted by molar-refractivity contribution is 0.281. The molecule has 0 fully saturated rings. The van der Waals surface area contributed by atoms with Gasteiger partial charge in [-0.2, -0.15) is 0 Å². The van der Waals surface area contributed by atoms with Gasteiger partial charge in [0.1, 0.15) is 0 Å². The number of nitrogens with zero attached hydrogens (tertiary/aromatic N) is 1. The fourth-order valence-electron chi connectivity index (χ4n) is 3.55. The molecular weight excluding hydrogens is 374 g/mol. The number of hydrogen-bond donors (Lipinski definition) is 3. The fourth-order valence-corrected chi connectivity index (χ4v) is 3.55. The van der Waals surface area contributed by atoms with Crippen LogP contribution in [0.2, 0.25) is 0 Å². The lowest BCUT2D eigenvalue weighted by atomic mass is 9.97. The van der Waals surface area contributed by atoms with Gasteiger partial charge in [0.15, 0.2) is 11.6 Å². The number of rotatable bonds is 12. The van der Waals surface area contributed by atoms with E-state index in [1.54, 1.807) is 35.2 Å². The van der Waals surface area contributed by atoms with Crippen molar-refractivity contribution in [3.63, 3.8) is 0 Å². The zero-order valence-corrected chi connectivity index (χ0v) is 17.1. The molecule has 0 saturated heterocycles. The van der Waals surface area contributed by atoms with E-state index in [1.165, 1.54) is 0 Å². The normalized spacial score (nSPS) is 11.1. The summed E-state index contributed by atoms with van der Waals surface area (Å²) in [7, 11) is 0. The van der Waals surface area contributed by atoms with Gasteiger partial charge < -0.3 is 20.8 Å². The highest BCUT2D eigenvalue weighted by molar-refractivity contribution is 5.82.